The number of carbonyl (C=O) groups excluding carboxylic acids is 3. The number of aromatic nitrogens is 1. The van der Waals surface area contributed by atoms with Gasteiger partial charge in [0, 0.05) is 10.9 Å². The van der Waals surface area contributed by atoms with Gasteiger partial charge < -0.3 is 10.1 Å². The van der Waals surface area contributed by atoms with E-state index in [0.717, 1.165) is 11.1 Å². The predicted octanol–water partition coefficient (Wildman–Crippen LogP) is 2.66. The first kappa shape index (κ1) is 20.4. The van der Waals surface area contributed by atoms with Gasteiger partial charge in [0.15, 0.2) is 12.3 Å². The summed E-state index contributed by atoms with van der Waals surface area (Å²) in [7, 11) is 0. The first-order valence-corrected chi connectivity index (χ1v) is 8.36. The Hall–Kier alpha value is -2.95. The smallest absolute Gasteiger partial charge is 0.405 e. The molecule has 0 unspecified atom stereocenters. The molecule has 2 N–H and O–H groups in total. The third-order valence-electron chi connectivity index (χ3n) is 3.05. The highest BCUT2D eigenvalue weighted by Gasteiger charge is 2.28. The van der Waals surface area contributed by atoms with Crippen LogP contribution in [0, 0.1) is 6.92 Å². The van der Waals surface area contributed by atoms with Gasteiger partial charge in [-0.2, -0.15) is 13.2 Å². The number of thiazole rings is 1. The van der Waals surface area contributed by atoms with Crippen LogP contribution in [0.3, 0.4) is 0 Å². The van der Waals surface area contributed by atoms with Gasteiger partial charge in [-0.3, -0.25) is 10.1 Å². The highest BCUT2D eigenvalue weighted by Crippen LogP contribution is 2.24. The summed E-state index contributed by atoms with van der Waals surface area (Å²) < 4.78 is 40.5. The number of halogens is 3. The summed E-state index contributed by atoms with van der Waals surface area (Å²) in [5.41, 5.74) is 1.86. The fourth-order valence-corrected chi connectivity index (χ4v) is 2.58. The monoisotopic (exact) mass is 401 g/mol. The topological polar surface area (TPSA) is 97.4 Å². The second kappa shape index (κ2) is 8.62. The molecule has 0 atom stereocenters. The van der Waals surface area contributed by atoms with E-state index in [0.29, 0.717) is 5.01 Å². The van der Waals surface area contributed by atoms with Crippen LogP contribution >= 0.6 is 11.3 Å². The van der Waals surface area contributed by atoms with E-state index < -0.39 is 37.2 Å². The van der Waals surface area contributed by atoms with Crippen molar-refractivity contribution in [3.63, 3.8) is 0 Å². The fraction of sp³-hybridized carbons (Fsp3) is 0.250. The number of imide groups is 1. The molecule has 0 saturated carbocycles. The first-order valence-electron chi connectivity index (χ1n) is 7.48. The zero-order valence-electron chi connectivity index (χ0n) is 13.9. The summed E-state index contributed by atoms with van der Waals surface area (Å²) in [6.07, 6.45) is -4.60. The molecule has 2 rings (SSSR count). The summed E-state index contributed by atoms with van der Waals surface area (Å²) in [5.74, 6) is -1.97. The molecular formula is C16H14F3N3O4S. The van der Waals surface area contributed by atoms with E-state index in [2.05, 4.69) is 4.98 Å². The zero-order chi connectivity index (χ0) is 20.0. The molecule has 0 saturated heterocycles. The van der Waals surface area contributed by atoms with Crippen molar-refractivity contribution in [3.8, 4) is 10.6 Å². The maximum Gasteiger partial charge on any atom is 0.405 e. The standard InChI is InChI=1S/C16H14F3N3O4S/c1-9-2-4-10(5-3-9)13-21-11(7-27-13)14(24)26-6-12(23)22-15(25)20-8-16(17,18)19/h2-5,7H,6,8H2,1H3,(H2,20,22,23,25). The Morgan fingerprint density at radius 3 is 2.48 bits per heavy atom. The molecule has 144 valence electrons. The number of aryl methyl sites for hydroxylation is 1. The molecular weight excluding hydrogens is 387 g/mol. The van der Waals surface area contributed by atoms with E-state index in [1.807, 2.05) is 31.2 Å². The Labute approximate surface area is 155 Å². The maximum absolute atomic E-state index is 11.9. The second-order valence-electron chi connectivity index (χ2n) is 5.33. The van der Waals surface area contributed by atoms with Gasteiger partial charge in [0.05, 0.1) is 0 Å². The minimum absolute atomic E-state index is 0.0232. The van der Waals surface area contributed by atoms with Crippen molar-refractivity contribution in [2.45, 2.75) is 13.1 Å². The lowest BCUT2D eigenvalue weighted by Gasteiger charge is -2.09. The largest absolute Gasteiger partial charge is 0.451 e. The minimum Gasteiger partial charge on any atom is -0.451 e. The number of hydrogen-bond donors (Lipinski definition) is 2. The molecule has 7 nitrogen and oxygen atoms in total. The van der Waals surface area contributed by atoms with Crippen LogP contribution in [-0.2, 0) is 9.53 Å². The minimum atomic E-state index is -4.60. The number of benzene rings is 1. The van der Waals surface area contributed by atoms with Crippen molar-refractivity contribution in [1.82, 2.24) is 15.6 Å². The van der Waals surface area contributed by atoms with Gasteiger partial charge in [-0.15, -0.1) is 11.3 Å². The van der Waals surface area contributed by atoms with Crippen molar-refractivity contribution >= 4 is 29.2 Å². The molecule has 1 aromatic carbocycles. The summed E-state index contributed by atoms with van der Waals surface area (Å²) >= 11 is 1.21. The molecule has 3 amide bonds. The summed E-state index contributed by atoms with van der Waals surface area (Å²) in [5, 5.41) is 5.09. The molecule has 1 heterocycles. The average Bonchev–Trinajstić information content (AvgIpc) is 3.08. The summed E-state index contributed by atoms with van der Waals surface area (Å²) in [6, 6.07) is 6.13. The third-order valence-corrected chi connectivity index (χ3v) is 3.94. The van der Waals surface area contributed by atoms with Gasteiger partial charge in [-0.1, -0.05) is 29.8 Å². The van der Waals surface area contributed by atoms with Crippen LogP contribution in [0.25, 0.3) is 10.6 Å². The molecule has 2 aromatic rings. The van der Waals surface area contributed by atoms with E-state index in [-0.39, 0.29) is 5.69 Å². The molecule has 0 radical (unpaired) electrons. The van der Waals surface area contributed by atoms with Gasteiger partial charge >= 0.3 is 18.2 Å². The van der Waals surface area contributed by atoms with Crippen LogP contribution < -0.4 is 10.6 Å². The van der Waals surface area contributed by atoms with Crippen molar-refractivity contribution in [3.05, 3.63) is 40.9 Å². The van der Waals surface area contributed by atoms with Gasteiger partial charge in [0.1, 0.15) is 11.6 Å². The highest BCUT2D eigenvalue weighted by molar-refractivity contribution is 7.13. The Morgan fingerprint density at radius 1 is 1.19 bits per heavy atom. The number of ether oxygens (including phenoxy) is 1. The van der Waals surface area contributed by atoms with Gasteiger partial charge in [0.2, 0.25) is 0 Å². The van der Waals surface area contributed by atoms with Crippen LogP contribution in [-0.4, -0.2) is 42.2 Å². The Balaban J connectivity index is 1.82. The molecule has 0 aliphatic heterocycles. The van der Waals surface area contributed by atoms with E-state index in [4.69, 9.17) is 4.74 Å². The average molecular weight is 401 g/mol. The zero-order valence-corrected chi connectivity index (χ0v) is 14.7. The van der Waals surface area contributed by atoms with Gasteiger partial charge in [0.25, 0.3) is 5.91 Å². The number of hydrogen-bond acceptors (Lipinski definition) is 6. The van der Waals surface area contributed by atoms with Crippen molar-refractivity contribution in [1.29, 1.82) is 0 Å². The number of nitrogens with zero attached hydrogens (tertiary/aromatic N) is 1. The number of carbonyl (C=O) groups is 3. The van der Waals surface area contributed by atoms with E-state index in [9.17, 15) is 27.6 Å². The van der Waals surface area contributed by atoms with Crippen LogP contribution in [0.4, 0.5) is 18.0 Å². The number of esters is 1. The molecule has 0 spiro atoms. The molecule has 1 aromatic heterocycles. The first-order chi connectivity index (χ1) is 12.6. The molecule has 11 heteroatoms. The number of rotatable bonds is 5. The molecule has 27 heavy (non-hydrogen) atoms. The van der Waals surface area contributed by atoms with Crippen molar-refractivity contribution in [2.75, 3.05) is 13.2 Å². The lowest BCUT2D eigenvalue weighted by Crippen LogP contribution is -2.44. The lowest BCUT2D eigenvalue weighted by atomic mass is 10.2. The fourth-order valence-electron chi connectivity index (χ4n) is 1.79. The Morgan fingerprint density at radius 2 is 1.85 bits per heavy atom. The van der Waals surface area contributed by atoms with Crippen LogP contribution in [0.5, 0.6) is 0 Å². The van der Waals surface area contributed by atoms with Crippen molar-refractivity contribution < 1.29 is 32.3 Å². The predicted molar refractivity (Wildman–Crippen MR) is 90.2 cm³/mol. The van der Waals surface area contributed by atoms with E-state index in [1.165, 1.54) is 22.0 Å². The molecule has 0 aliphatic rings. The second-order valence-corrected chi connectivity index (χ2v) is 6.18. The van der Waals surface area contributed by atoms with Crippen LogP contribution in [0.15, 0.2) is 29.6 Å². The highest BCUT2D eigenvalue weighted by atomic mass is 32.1. The van der Waals surface area contributed by atoms with Gasteiger partial charge in [-0.05, 0) is 6.92 Å². The number of alkyl halides is 3. The molecule has 0 fully saturated rings. The number of amides is 3. The quantitative estimate of drug-likeness (QED) is 0.751. The Kier molecular flexibility index (Phi) is 6.50. The molecule has 0 bridgehead atoms. The normalized spacial score (nSPS) is 11.0. The SMILES string of the molecule is Cc1ccc(-c2nc(C(=O)OCC(=O)NC(=O)NCC(F)(F)F)cs2)cc1. The van der Waals surface area contributed by atoms with Crippen LogP contribution in [0.1, 0.15) is 16.1 Å². The number of urea groups is 1. The molecule has 0 aliphatic carbocycles. The Bertz CT molecular complexity index is 834. The number of nitrogens with one attached hydrogen (secondary N) is 2. The summed E-state index contributed by atoms with van der Waals surface area (Å²) in [4.78, 5) is 38.5. The van der Waals surface area contributed by atoms with E-state index in [1.54, 1.807) is 5.32 Å². The lowest BCUT2D eigenvalue weighted by molar-refractivity contribution is -0.125. The van der Waals surface area contributed by atoms with E-state index >= 15 is 0 Å². The van der Waals surface area contributed by atoms with Gasteiger partial charge in [-0.25, -0.2) is 14.6 Å². The third kappa shape index (κ3) is 6.70. The summed E-state index contributed by atoms with van der Waals surface area (Å²) in [6.45, 7) is -0.495. The van der Waals surface area contributed by atoms with Crippen molar-refractivity contribution in [2.24, 2.45) is 0 Å². The van der Waals surface area contributed by atoms with Crippen LogP contribution in [0.2, 0.25) is 0 Å². The maximum atomic E-state index is 11.9.